The summed E-state index contributed by atoms with van der Waals surface area (Å²) in [5, 5.41) is 13.7. The maximum atomic E-state index is 11.4. The molecule has 4 nitrogen and oxygen atoms in total. The van der Waals surface area contributed by atoms with E-state index in [1.54, 1.807) is 0 Å². The summed E-state index contributed by atoms with van der Waals surface area (Å²) in [5.41, 5.74) is 1.55. The molecule has 1 heterocycles. The van der Waals surface area contributed by atoms with Gasteiger partial charge in [0.1, 0.15) is 5.56 Å². The van der Waals surface area contributed by atoms with Gasteiger partial charge in [0.15, 0.2) is 0 Å². The first-order valence-electron chi connectivity index (χ1n) is 6.90. The molecule has 0 saturated carbocycles. The van der Waals surface area contributed by atoms with E-state index in [1.165, 1.54) is 6.20 Å². The number of carboxylic acid groups (broad SMARTS) is 1. The highest BCUT2D eigenvalue weighted by Gasteiger charge is 2.23. The second-order valence-electron chi connectivity index (χ2n) is 5.26. The molecule has 2 aromatic rings. The molecule has 2 N–H and O–H groups in total. The van der Waals surface area contributed by atoms with Crippen molar-refractivity contribution in [3.8, 4) is 0 Å². The van der Waals surface area contributed by atoms with Crippen LogP contribution in [0.25, 0.3) is 10.9 Å². The van der Waals surface area contributed by atoms with Crippen molar-refractivity contribution in [1.82, 2.24) is 4.98 Å². The molecule has 106 valence electrons. The first kappa shape index (κ1) is 14.3. The number of benzene rings is 1. The van der Waals surface area contributed by atoms with Crippen LogP contribution >= 0.6 is 0 Å². The number of nitrogens with zero attached hydrogens (tertiary/aromatic N) is 1. The van der Waals surface area contributed by atoms with E-state index in [4.69, 9.17) is 0 Å². The summed E-state index contributed by atoms with van der Waals surface area (Å²) in [6.07, 6.45) is 3.26. The first-order valence-corrected chi connectivity index (χ1v) is 6.90. The van der Waals surface area contributed by atoms with Gasteiger partial charge in [-0.15, -0.1) is 0 Å². The molecule has 0 saturated heterocycles. The zero-order chi connectivity index (χ0) is 14.8. The Labute approximate surface area is 118 Å². The fourth-order valence-electron chi connectivity index (χ4n) is 2.17. The van der Waals surface area contributed by atoms with E-state index in [1.807, 2.05) is 24.3 Å². The van der Waals surface area contributed by atoms with E-state index in [-0.39, 0.29) is 11.1 Å². The predicted molar refractivity (Wildman–Crippen MR) is 81.3 cm³/mol. The number of fused-ring (bicyclic) bond motifs is 1. The van der Waals surface area contributed by atoms with Gasteiger partial charge in [0, 0.05) is 17.1 Å². The maximum Gasteiger partial charge on any atom is 0.339 e. The summed E-state index contributed by atoms with van der Waals surface area (Å²) < 4.78 is 0. The number of hydrogen-bond donors (Lipinski definition) is 2. The highest BCUT2D eigenvalue weighted by atomic mass is 16.4. The van der Waals surface area contributed by atoms with E-state index in [9.17, 15) is 9.90 Å². The quantitative estimate of drug-likeness (QED) is 0.865. The van der Waals surface area contributed by atoms with Crippen LogP contribution in [0.2, 0.25) is 0 Å². The van der Waals surface area contributed by atoms with E-state index >= 15 is 0 Å². The van der Waals surface area contributed by atoms with Crippen LogP contribution in [0, 0.1) is 0 Å². The predicted octanol–water partition coefficient (Wildman–Crippen LogP) is 3.92. The highest BCUT2D eigenvalue weighted by Crippen LogP contribution is 2.30. The third kappa shape index (κ3) is 2.59. The smallest absolute Gasteiger partial charge is 0.339 e. The van der Waals surface area contributed by atoms with Crippen LogP contribution in [-0.2, 0) is 0 Å². The van der Waals surface area contributed by atoms with Crippen molar-refractivity contribution in [1.29, 1.82) is 0 Å². The Bertz CT molecular complexity index is 633. The fraction of sp³-hybridized carbons (Fsp3) is 0.375. The average molecular weight is 272 g/mol. The van der Waals surface area contributed by atoms with Crippen molar-refractivity contribution in [2.75, 3.05) is 5.32 Å². The average Bonchev–Trinajstić information content (AvgIpc) is 2.47. The van der Waals surface area contributed by atoms with Crippen molar-refractivity contribution in [2.24, 2.45) is 0 Å². The molecule has 0 radical (unpaired) electrons. The number of carboxylic acids is 1. The number of nitrogens with one attached hydrogen (secondary N) is 1. The number of para-hydroxylation sites is 1. The molecule has 1 aromatic carbocycles. The number of aromatic carboxylic acids is 1. The van der Waals surface area contributed by atoms with Gasteiger partial charge >= 0.3 is 5.97 Å². The first-order chi connectivity index (χ1) is 9.50. The molecular weight excluding hydrogens is 252 g/mol. The van der Waals surface area contributed by atoms with Crippen molar-refractivity contribution < 1.29 is 9.90 Å². The van der Waals surface area contributed by atoms with Crippen molar-refractivity contribution in [3.05, 3.63) is 36.0 Å². The molecule has 0 bridgehead atoms. The van der Waals surface area contributed by atoms with Crippen molar-refractivity contribution >= 4 is 22.6 Å². The fourth-order valence-corrected chi connectivity index (χ4v) is 2.17. The van der Waals surface area contributed by atoms with Crippen LogP contribution in [0.15, 0.2) is 30.5 Å². The molecule has 4 heteroatoms. The Balaban J connectivity index is 2.64. The summed E-state index contributed by atoms with van der Waals surface area (Å²) in [5.74, 6) is -0.958. The Morgan fingerprint density at radius 3 is 2.55 bits per heavy atom. The largest absolute Gasteiger partial charge is 0.478 e. The number of carbonyl (C=O) groups is 1. The van der Waals surface area contributed by atoms with Gasteiger partial charge in [-0.25, -0.2) is 4.79 Å². The molecule has 2 rings (SSSR count). The lowest BCUT2D eigenvalue weighted by Gasteiger charge is -2.30. The highest BCUT2D eigenvalue weighted by molar-refractivity contribution is 6.04. The maximum absolute atomic E-state index is 11.4. The molecule has 0 aliphatic heterocycles. The van der Waals surface area contributed by atoms with Gasteiger partial charge in [0.2, 0.25) is 0 Å². The van der Waals surface area contributed by atoms with Gasteiger partial charge < -0.3 is 10.4 Å². The molecule has 0 amide bonds. The van der Waals surface area contributed by atoms with Crippen LogP contribution in [0.3, 0.4) is 0 Å². The number of rotatable bonds is 5. The van der Waals surface area contributed by atoms with Crippen LogP contribution in [0.4, 0.5) is 5.69 Å². The molecule has 20 heavy (non-hydrogen) atoms. The van der Waals surface area contributed by atoms with Gasteiger partial charge in [0.05, 0.1) is 11.2 Å². The second kappa shape index (κ2) is 5.49. The van der Waals surface area contributed by atoms with E-state index in [0.29, 0.717) is 5.69 Å². The molecular formula is C16H20N2O2. The topological polar surface area (TPSA) is 62.2 Å². The molecule has 0 fully saturated rings. The Hall–Kier alpha value is -2.10. The lowest BCUT2D eigenvalue weighted by molar-refractivity contribution is 0.0697. The molecule has 1 aromatic heterocycles. The summed E-state index contributed by atoms with van der Waals surface area (Å²) in [7, 11) is 0. The van der Waals surface area contributed by atoms with Crippen LogP contribution in [-0.4, -0.2) is 21.6 Å². The second-order valence-corrected chi connectivity index (χ2v) is 5.26. The monoisotopic (exact) mass is 272 g/mol. The zero-order valence-electron chi connectivity index (χ0n) is 12.1. The SMILES string of the molecule is CCC(C)(CC)Nc1c(C(=O)O)cnc2ccccc12. The lowest BCUT2D eigenvalue weighted by Crippen LogP contribution is -2.33. The molecule has 0 aliphatic rings. The molecule has 0 aliphatic carbocycles. The van der Waals surface area contributed by atoms with Gasteiger partial charge in [-0.2, -0.15) is 0 Å². The van der Waals surface area contributed by atoms with Crippen molar-refractivity contribution in [3.63, 3.8) is 0 Å². The van der Waals surface area contributed by atoms with Gasteiger partial charge in [-0.05, 0) is 25.8 Å². The Morgan fingerprint density at radius 2 is 1.95 bits per heavy atom. The normalized spacial score (nSPS) is 11.6. The third-order valence-corrected chi connectivity index (χ3v) is 3.99. The Morgan fingerprint density at radius 1 is 1.30 bits per heavy atom. The third-order valence-electron chi connectivity index (χ3n) is 3.99. The summed E-state index contributed by atoms with van der Waals surface area (Å²) in [6, 6.07) is 7.60. The number of pyridine rings is 1. The summed E-state index contributed by atoms with van der Waals surface area (Å²) >= 11 is 0. The standard InChI is InChI=1S/C16H20N2O2/c1-4-16(3,5-2)18-14-11-8-6-7-9-13(11)17-10-12(14)15(19)20/h6-10H,4-5H2,1-3H3,(H,17,18)(H,19,20). The lowest BCUT2D eigenvalue weighted by atomic mass is 9.94. The van der Waals surface area contributed by atoms with E-state index in [2.05, 4.69) is 31.1 Å². The minimum atomic E-state index is -0.958. The van der Waals surface area contributed by atoms with Crippen LogP contribution < -0.4 is 5.32 Å². The number of hydrogen-bond acceptors (Lipinski definition) is 3. The molecule has 0 unspecified atom stereocenters. The number of anilines is 1. The van der Waals surface area contributed by atoms with Gasteiger partial charge in [-0.1, -0.05) is 32.0 Å². The zero-order valence-corrected chi connectivity index (χ0v) is 12.1. The van der Waals surface area contributed by atoms with E-state index in [0.717, 1.165) is 23.7 Å². The molecule has 0 atom stereocenters. The van der Waals surface area contributed by atoms with Crippen molar-refractivity contribution in [2.45, 2.75) is 39.2 Å². The minimum absolute atomic E-state index is 0.131. The summed E-state index contributed by atoms with van der Waals surface area (Å²) in [6.45, 7) is 6.30. The number of aromatic nitrogens is 1. The van der Waals surface area contributed by atoms with Crippen LogP contribution in [0.5, 0.6) is 0 Å². The van der Waals surface area contributed by atoms with Crippen LogP contribution in [0.1, 0.15) is 44.0 Å². The minimum Gasteiger partial charge on any atom is -0.478 e. The van der Waals surface area contributed by atoms with Gasteiger partial charge in [-0.3, -0.25) is 4.98 Å². The summed E-state index contributed by atoms with van der Waals surface area (Å²) in [4.78, 5) is 15.7. The Kier molecular flexibility index (Phi) is 3.93. The van der Waals surface area contributed by atoms with Gasteiger partial charge in [0.25, 0.3) is 0 Å². The van der Waals surface area contributed by atoms with E-state index < -0.39 is 5.97 Å². The molecule has 0 spiro atoms.